The summed E-state index contributed by atoms with van der Waals surface area (Å²) in [6.07, 6.45) is 2.26. The van der Waals surface area contributed by atoms with Gasteiger partial charge in [-0.15, -0.1) is 0 Å². The van der Waals surface area contributed by atoms with Crippen LogP contribution in [0.3, 0.4) is 0 Å². The van der Waals surface area contributed by atoms with Crippen LogP contribution < -0.4 is 10.0 Å². The summed E-state index contributed by atoms with van der Waals surface area (Å²) in [5, 5.41) is 24.6. The predicted octanol–water partition coefficient (Wildman–Crippen LogP) is 1.44. The Bertz CT molecular complexity index is 385. The van der Waals surface area contributed by atoms with E-state index in [4.69, 9.17) is 0 Å². The van der Waals surface area contributed by atoms with Gasteiger partial charge in [0.15, 0.2) is 11.9 Å². The number of hydrogen-bond acceptors (Lipinski definition) is 4. The highest BCUT2D eigenvalue weighted by Gasteiger charge is 2.21. The molecule has 0 aliphatic rings. The van der Waals surface area contributed by atoms with Crippen LogP contribution in [0.15, 0.2) is 18.5 Å². The first-order chi connectivity index (χ1) is 6.79. The summed E-state index contributed by atoms with van der Waals surface area (Å²) in [6.45, 7) is 5.58. The minimum absolute atomic E-state index is 0.1000. The number of nitro groups is 1. The molecular formula is C9H13N3O3. The van der Waals surface area contributed by atoms with Gasteiger partial charge in [-0.05, 0) is 20.8 Å². The van der Waals surface area contributed by atoms with Crippen LogP contribution in [0.2, 0.25) is 0 Å². The van der Waals surface area contributed by atoms with Crippen LogP contribution in [-0.2, 0) is 0 Å². The van der Waals surface area contributed by atoms with Crippen molar-refractivity contribution in [2.24, 2.45) is 0 Å². The predicted molar refractivity (Wildman–Crippen MR) is 55.4 cm³/mol. The molecule has 1 N–H and O–H groups in total. The molecule has 82 valence electrons. The summed E-state index contributed by atoms with van der Waals surface area (Å²) < 4.78 is 0.529. The van der Waals surface area contributed by atoms with E-state index < -0.39 is 4.92 Å². The Labute approximate surface area is 87.3 Å². The zero-order valence-electron chi connectivity index (χ0n) is 8.85. The van der Waals surface area contributed by atoms with E-state index in [1.165, 1.54) is 6.07 Å². The Kier molecular flexibility index (Phi) is 2.78. The van der Waals surface area contributed by atoms with Crippen molar-refractivity contribution in [3.05, 3.63) is 33.8 Å². The molecule has 0 amide bonds. The van der Waals surface area contributed by atoms with E-state index in [0.717, 1.165) is 12.4 Å². The second-order valence-electron chi connectivity index (χ2n) is 4.24. The number of hydrogen-bond donors (Lipinski definition) is 1. The summed E-state index contributed by atoms with van der Waals surface area (Å²) in [4.78, 5) is 10.2. The van der Waals surface area contributed by atoms with Gasteiger partial charge in [-0.2, -0.15) is 4.73 Å². The molecule has 0 fully saturated rings. The Morgan fingerprint density at radius 1 is 1.47 bits per heavy atom. The fourth-order valence-corrected chi connectivity index (χ4v) is 1.13. The minimum atomic E-state index is -0.520. The van der Waals surface area contributed by atoms with E-state index in [1.807, 2.05) is 20.8 Å². The maximum Gasteiger partial charge on any atom is 0.304 e. The lowest BCUT2D eigenvalue weighted by Gasteiger charge is -2.20. The van der Waals surface area contributed by atoms with Gasteiger partial charge in [0.2, 0.25) is 6.20 Å². The van der Waals surface area contributed by atoms with Gasteiger partial charge < -0.3 is 10.5 Å². The molecule has 1 rings (SSSR count). The van der Waals surface area contributed by atoms with Crippen molar-refractivity contribution < 1.29 is 9.65 Å². The first-order valence-corrected chi connectivity index (χ1v) is 4.45. The van der Waals surface area contributed by atoms with Crippen LogP contribution in [0, 0.1) is 15.3 Å². The molecule has 0 spiro atoms. The Morgan fingerprint density at radius 3 is 2.53 bits per heavy atom. The van der Waals surface area contributed by atoms with Crippen LogP contribution in [-0.4, -0.2) is 10.5 Å². The normalized spacial score (nSPS) is 11.1. The van der Waals surface area contributed by atoms with Gasteiger partial charge in [0.25, 0.3) is 0 Å². The van der Waals surface area contributed by atoms with Crippen LogP contribution in [0.25, 0.3) is 0 Å². The van der Waals surface area contributed by atoms with Gasteiger partial charge in [-0.3, -0.25) is 10.1 Å². The molecule has 15 heavy (non-hydrogen) atoms. The van der Waals surface area contributed by atoms with Crippen molar-refractivity contribution in [1.82, 2.24) is 0 Å². The van der Waals surface area contributed by atoms with Gasteiger partial charge in [0, 0.05) is 5.54 Å². The average molecular weight is 211 g/mol. The Balaban J connectivity index is 3.13. The number of aromatic nitrogens is 1. The molecule has 0 saturated heterocycles. The average Bonchev–Trinajstić information content (AvgIpc) is 1.99. The molecule has 1 heterocycles. The highest BCUT2D eigenvalue weighted by molar-refractivity contribution is 5.59. The summed E-state index contributed by atoms with van der Waals surface area (Å²) in [6, 6.07) is 1.18. The van der Waals surface area contributed by atoms with E-state index in [-0.39, 0.29) is 16.9 Å². The highest BCUT2D eigenvalue weighted by atomic mass is 16.6. The molecule has 6 heteroatoms. The molecule has 6 nitrogen and oxygen atoms in total. The van der Waals surface area contributed by atoms with Crippen LogP contribution >= 0.6 is 0 Å². The fourth-order valence-electron chi connectivity index (χ4n) is 1.13. The molecule has 1 aromatic heterocycles. The van der Waals surface area contributed by atoms with E-state index in [0.29, 0.717) is 4.73 Å². The van der Waals surface area contributed by atoms with Crippen molar-refractivity contribution in [1.29, 1.82) is 0 Å². The second-order valence-corrected chi connectivity index (χ2v) is 4.24. The maximum absolute atomic E-state index is 11.0. The maximum atomic E-state index is 11.0. The summed E-state index contributed by atoms with van der Waals surface area (Å²) >= 11 is 0. The third-order valence-corrected chi connectivity index (χ3v) is 1.62. The van der Waals surface area contributed by atoms with Crippen molar-refractivity contribution in [2.45, 2.75) is 26.3 Å². The molecule has 0 aliphatic carbocycles. The van der Waals surface area contributed by atoms with E-state index in [9.17, 15) is 15.3 Å². The van der Waals surface area contributed by atoms with Gasteiger partial charge in [0.05, 0.1) is 11.0 Å². The molecular weight excluding hydrogens is 198 g/mol. The minimum Gasteiger partial charge on any atom is -0.619 e. The lowest BCUT2D eigenvalue weighted by Crippen LogP contribution is -2.31. The third-order valence-electron chi connectivity index (χ3n) is 1.62. The molecule has 0 bridgehead atoms. The van der Waals surface area contributed by atoms with Crippen molar-refractivity contribution >= 4 is 11.4 Å². The monoisotopic (exact) mass is 211 g/mol. The number of nitrogens with one attached hydrogen (secondary N) is 1. The summed E-state index contributed by atoms with van der Waals surface area (Å²) in [7, 11) is 0. The quantitative estimate of drug-likeness (QED) is 0.347. The molecule has 0 aromatic carbocycles. The Hall–Kier alpha value is -1.85. The first kappa shape index (κ1) is 11.2. The number of anilines is 1. The van der Waals surface area contributed by atoms with Gasteiger partial charge in [-0.1, -0.05) is 0 Å². The first-order valence-electron chi connectivity index (χ1n) is 4.45. The Morgan fingerprint density at radius 2 is 2.07 bits per heavy atom. The molecule has 0 radical (unpaired) electrons. The van der Waals surface area contributed by atoms with Gasteiger partial charge in [0.1, 0.15) is 0 Å². The topological polar surface area (TPSA) is 82.1 Å². The molecule has 0 unspecified atom stereocenters. The van der Waals surface area contributed by atoms with Crippen molar-refractivity contribution in [3.8, 4) is 0 Å². The summed E-state index contributed by atoms with van der Waals surface area (Å²) in [5.41, 5.74) is -0.207. The largest absolute Gasteiger partial charge is 0.619 e. The van der Waals surface area contributed by atoms with Gasteiger partial charge in [-0.25, -0.2) is 0 Å². The van der Waals surface area contributed by atoms with E-state index in [1.54, 1.807) is 0 Å². The molecule has 0 saturated carbocycles. The van der Waals surface area contributed by atoms with E-state index in [2.05, 4.69) is 5.32 Å². The third kappa shape index (κ3) is 3.08. The van der Waals surface area contributed by atoms with Crippen LogP contribution in [0.5, 0.6) is 0 Å². The van der Waals surface area contributed by atoms with Crippen molar-refractivity contribution in [2.75, 3.05) is 5.32 Å². The zero-order chi connectivity index (χ0) is 11.6. The SMILES string of the molecule is CC(C)(C)Nc1c[n+]([O-])ccc1[N+](=O)[O-]. The molecule has 0 atom stereocenters. The lowest BCUT2D eigenvalue weighted by molar-refractivity contribution is -0.605. The second kappa shape index (κ2) is 3.72. The highest BCUT2D eigenvalue weighted by Crippen LogP contribution is 2.24. The van der Waals surface area contributed by atoms with E-state index >= 15 is 0 Å². The molecule has 0 aliphatic heterocycles. The fraction of sp³-hybridized carbons (Fsp3) is 0.444. The van der Waals surface area contributed by atoms with Gasteiger partial charge >= 0.3 is 5.69 Å². The van der Waals surface area contributed by atoms with Crippen molar-refractivity contribution in [3.63, 3.8) is 0 Å². The van der Waals surface area contributed by atoms with Crippen LogP contribution in [0.1, 0.15) is 20.8 Å². The zero-order valence-corrected chi connectivity index (χ0v) is 8.85. The number of nitrogens with zero attached hydrogens (tertiary/aromatic N) is 2. The number of rotatable bonds is 2. The lowest BCUT2D eigenvalue weighted by atomic mass is 10.1. The smallest absolute Gasteiger partial charge is 0.304 e. The number of pyridine rings is 1. The standard InChI is InChI=1S/C9H13N3O3/c1-9(2,3)10-7-6-11(13)5-4-8(7)12(14)15/h4-6,10H,1-3H3. The molecule has 1 aromatic rings. The summed E-state index contributed by atoms with van der Waals surface area (Å²) in [5.74, 6) is 0. The van der Waals surface area contributed by atoms with Crippen LogP contribution in [0.4, 0.5) is 11.4 Å².